The van der Waals surface area contributed by atoms with Crippen LogP contribution in [0.15, 0.2) is 5.18 Å². The van der Waals surface area contributed by atoms with E-state index in [1.807, 2.05) is 0 Å². The van der Waals surface area contributed by atoms with Crippen LogP contribution >= 0.6 is 0 Å². The third-order valence-electron chi connectivity index (χ3n) is 6.75. The molecule has 0 radical (unpaired) electrons. The second-order valence-corrected chi connectivity index (χ2v) is 7.57. The van der Waals surface area contributed by atoms with Crippen molar-refractivity contribution in [3.05, 3.63) is 4.91 Å². The zero-order valence-corrected chi connectivity index (χ0v) is 10.8. The highest BCUT2D eigenvalue weighted by Crippen LogP contribution is 2.63. The number of fused-ring (bicyclic) bond motifs is 2. The average Bonchev–Trinajstić information content (AvgIpc) is 2.36. The molecule has 94 valence electrons. The molecule has 4 rings (SSSR count). The molecule has 0 spiro atoms. The van der Waals surface area contributed by atoms with Gasteiger partial charge in [-0.05, 0) is 74.0 Å². The van der Waals surface area contributed by atoms with Gasteiger partial charge in [0.25, 0.3) is 0 Å². The van der Waals surface area contributed by atoms with Gasteiger partial charge in [0.1, 0.15) is 5.54 Å². The first-order valence-electron chi connectivity index (χ1n) is 7.55. The summed E-state index contributed by atoms with van der Waals surface area (Å²) in [5, 5.41) is 3.64. The van der Waals surface area contributed by atoms with Gasteiger partial charge in [-0.15, -0.1) is 0 Å². The van der Waals surface area contributed by atoms with Crippen LogP contribution in [-0.4, -0.2) is 5.54 Å². The van der Waals surface area contributed by atoms with Gasteiger partial charge in [0.05, 0.1) is 0 Å². The van der Waals surface area contributed by atoms with Crippen LogP contribution in [0.5, 0.6) is 0 Å². The maximum atomic E-state index is 11.4. The van der Waals surface area contributed by atoms with Crippen LogP contribution in [0.4, 0.5) is 0 Å². The summed E-state index contributed by atoms with van der Waals surface area (Å²) in [5.74, 6) is 5.36. The summed E-state index contributed by atoms with van der Waals surface area (Å²) >= 11 is 0. The molecule has 7 unspecified atom stereocenters. The molecule has 17 heavy (non-hydrogen) atoms. The van der Waals surface area contributed by atoms with E-state index in [4.69, 9.17) is 0 Å². The molecule has 4 bridgehead atoms. The molecule has 7 atom stereocenters. The Kier molecular flexibility index (Phi) is 2.06. The van der Waals surface area contributed by atoms with Crippen molar-refractivity contribution in [1.82, 2.24) is 0 Å². The smallest absolute Gasteiger partial charge is 0.103 e. The van der Waals surface area contributed by atoms with Crippen LogP contribution in [0.3, 0.4) is 0 Å². The van der Waals surface area contributed by atoms with Crippen molar-refractivity contribution in [2.45, 2.75) is 57.4 Å². The molecule has 0 saturated heterocycles. The lowest BCUT2D eigenvalue weighted by Crippen LogP contribution is -2.56. The van der Waals surface area contributed by atoms with Crippen molar-refractivity contribution in [3.63, 3.8) is 0 Å². The molecule has 2 heteroatoms. The fourth-order valence-electron chi connectivity index (χ4n) is 6.22. The summed E-state index contributed by atoms with van der Waals surface area (Å²) in [6.45, 7) is 2.39. The van der Waals surface area contributed by atoms with E-state index in [-0.39, 0.29) is 5.54 Å². The fourth-order valence-corrected chi connectivity index (χ4v) is 6.22. The average molecular weight is 233 g/mol. The Morgan fingerprint density at radius 2 is 1.82 bits per heavy atom. The zero-order chi connectivity index (χ0) is 11.6. The Morgan fingerprint density at radius 1 is 1.00 bits per heavy atom. The Morgan fingerprint density at radius 3 is 2.65 bits per heavy atom. The summed E-state index contributed by atoms with van der Waals surface area (Å²) < 4.78 is 0. The molecule has 4 fully saturated rings. The van der Waals surface area contributed by atoms with Crippen LogP contribution < -0.4 is 0 Å². The standard InChI is InChI=1S/C15H23NO/c1-9-6-15(16-17)7-11-3-2-10-4-12(9)14(8-15)13(11)5-10/h9-14H,2-8H2,1H3. The molecule has 0 heterocycles. The van der Waals surface area contributed by atoms with Crippen molar-refractivity contribution in [3.8, 4) is 0 Å². The van der Waals surface area contributed by atoms with Gasteiger partial charge in [0.2, 0.25) is 0 Å². The van der Waals surface area contributed by atoms with Gasteiger partial charge < -0.3 is 0 Å². The molecule has 0 aliphatic heterocycles. The third-order valence-corrected chi connectivity index (χ3v) is 6.75. The molecule has 0 N–H and O–H groups in total. The fraction of sp³-hybridized carbons (Fsp3) is 1.00. The van der Waals surface area contributed by atoms with Gasteiger partial charge in [-0.25, -0.2) is 0 Å². The van der Waals surface area contributed by atoms with E-state index in [1.165, 1.54) is 25.7 Å². The minimum Gasteiger partial charge on any atom is -0.150 e. The molecule has 4 aliphatic carbocycles. The molecule has 0 aromatic heterocycles. The van der Waals surface area contributed by atoms with Crippen LogP contribution in [0.2, 0.25) is 0 Å². The highest BCUT2D eigenvalue weighted by Gasteiger charge is 2.58. The second-order valence-electron chi connectivity index (χ2n) is 7.57. The van der Waals surface area contributed by atoms with E-state index in [1.54, 1.807) is 0 Å². The highest BCUT2D eigenvalue weighted by molar-refractivity contribution is 5.10. The monoisotopic (exact) mass is 233 g/mol. The van der Waals surface area contributed by atoms with E-state index in [0.29, 0.717) is 0 Å². The number of nitroso groups, excluding NO2 is 1. The molecular formula is C15H23NO. The summed E-state index contributed by atoms with van der Waals surface area (Å²) in [6, 6.07) is 0. The van der Waals surface area contributed by atoms with E-state index < -0.39 is 0 Å². The van der Waals surface area contributed by atoms with Crippen molar-refractivity contribution in [1.29, 1.82) is 0 Å². The van der Waals surface area contributed by atoms with E-state index in [2.05, 4.69) is 12.1 Å². The van der Waals surface area contributed by atoms with Crippen LogP contribution in [0.25, 0.3) is 0 Å². The summed E-state index contributed by atoms with van der Waals surface area (Å²) in [5.41, 5.74) is -0.147. The Labute approximate surface area is 104 Å². The van der Waals surface area contributed by atoms with Gasteiger partial charge >= 0.3 is 0 Å². The van der Waals surface area contributed by atoms with Crippen LogP contribution in [0.1, 0.15) is 51.9 Å². The predicted molar refractivity (Wildman–Crippen MR) is 67.5 cm³/mol. The van der Waals surface area contributed by atoms with Crippen molar-refractivity contribution < 1.29 is 0 Å². The number of hydrogen-bond acceptors (Lipinski definition) is 2. The maximum absolute atomic E-state index is 11.4. The van der Waals surface area contributed by atoms with Crippen LogP contribution in [0, 0.1) is 40.4 Å². The van der Waals surface area contributed by atoms with E-state index in [0.717, 1.165) is 54.8 Å². The molecule has 4 saturated carbocycles. The molecule has 0 aromatic rings. The van der Waals surface area contributed by atoms with Crippen molar-refractivity contribution >= 4 is 0 Å². The molecule has 2 nitrogen and oxygen atoms in total. The first-order chi connectivity index (χ1) is 8.21. The summed E-state index contributed by atoms with van der Waals surface area (Å²) in [4.78, 5) is 11.4. The topological polar surface area (TPSA) is 29.4 Å². The molecule has 0 aromatic carbocycles. The van der Waals surface area contributed by atoms with Crippen molar-refractivity contribution in [2.75, 3.05) is 0 Å². The normalized spacial score (nSPS) is 60.1. The summed E-state index contributed by atoms with van der Waals surface area (Å²) in [6.07, 6.45) is 9.13. The Bertz CT molecular complexity index is 349. The number of rotatable bonds is 1. The Balaban J connectivity index is 1.76. The lowest BCUT2D eigenvalue weighted by molar-refractivity contribution is -0.0960. The van der Waals surface area contributed by atoms with Gasteiger partial charge in [-0.3, -0.25) is 0 Å². The highest BCUT2D eigenvalue weighted by atomic mass is 16.3. The van der Waals surface area contributed by atoms with E-state index >= 15 is 0 Å². The number of nitrogens with zero attached hydrogens (tertiary/aromatic N) is 1. The first-order valence-corrected chi connectivity index (χ1v) is 7.55. The van der Waals surface area contributed by atoms with Gasteiger partial charge in [-0.1, -0.05) is 18.5 Å². The first kappa shape index (κ1) is 10.5. The second kappa shape index (κ2) is 3.33. The van der Waals surface area contributed by atoms with E-state index in [9.17, 15) is 4.91 Å². The zero-order valence-electron chi connectivity index (χ0n) is 10.8. The minimum absolute atomic E-state index is 0.147. The van der Waals surface area contributed by atoms with Crippen LogP contribution in [-0.2, 0) is 0 Å². The Hall–Kier alpha value is -0.400. The largest absolute Gasteiger partial charge is 0.150 e. The molecule has 0 amide bonds. The molecular weight excluding hydrogens is 210 g/mol. The summed E-state index contributed by atoms with van der Waals surface area (Å²) in [7, 11) is 0. The lowest BCUT2D eigenvalue weighted by atomic mass is 9.45. The lowest BCUT2D eigenvalue weighted by Gasteiger charge is -2.60. The van der Waals surface area contributed by atoms with Gasteiger partial charge in [0.15, 0.2) is 0 Å². The minimum atomic E-state index is -0.147. The predicted octanol–water partition coefficient (Wildman–Crippen LogP) is 3.99. The third kappa shape index (κ3) is 1.33. The van der Waals surface area contributed by atoms with Crippen molar-refractivity contribution in [2.24, 2.45) is 40.7 Å². The molecule has 4 aliphatic rings. The number of hydrogen-bond donors (Lipinski definition) is 0. The van der Waals surface area contributed by atoms with Gasteiger partial charge in [-0.2, -0.15) is 4.91 Å². The quantitative estimate of drug-likeness (QED) is 0.629. The van der Waals surface area contributed by atoms with Gasteiger partial charge in [0, 0.05) is 0 Å². The maximum Gasteiger partial charge on any atom is 0.103 e. The SMILES string of the molecule is CC1CC2(N=O)CC3CCC4CC1C(C2)C3C4.